The van der Waals surface area contributed by atoms with Crippen LogP contribution in [-0.2, 0) is 9.53 Å². The number of thioether (sulfide) groups is 1. The third-order valence-electron chi connectivity index (χ3n) is 1.46. The van der Waals surface area contributed by atoms with E-state index in [1.165, 1.54) is 23.3 Å². The van der Waals surface area contributed by atoms with E-state index in [0.29, 0.717) is 12.2 Å². The summed E-state index contributed by atoms with van der Waals surface area (Å²) in [6, 6.07) is 0. The average Bonchev–Trinajstić information content (AvgIpc) is 2.48. The number of aromatic nitrogens is 2. The van der Waals surface area contributed by atoms with Crippen molar-refractivity contribution in [3.05, 3.63) is 5.82 Å². The van der Waals surface area contributed by atoms with Crippen LogP contribution in [0.4, 0.5) is 0 Å². The Labute approximate surface area is 104 Å². The fraction of sp³-hybridized carbons (Fsp3) is 0.700. The Morgan fingerprint density at radius 2 is 2.19 bits per heavy atom. The van der Waals surface area contributed by atoms with Crippen LogP contribution in [0.25, 0.3) is 0 Å². The first-order valence-electron chi connectivity index (χ1n) is 5.02. The van der Waals surface area contributed by atoms with Gasteiger partial charge in [-0.3, -0.25) is 4.79 Å². The summed E-state index contributed by atoms with van der Waals surface area (Å²) in [5.74, 6) is 1.30. The van der Waals surface area contributed by atoms with E-state index >= 15 is 0 Å². The molecule has 4 nitrogen and oxygen atoms in total. The molecular weight excluding hydrogens is 244 g/mol. The van der Waals surface area contributed by atoms with Gasteiger partial charge in [0.1, 0.15) is 11.4 Å². The quantitative estimate of drug-likeness (QED) is 0.615. The van der Waals surface area contributed by atoms with Gasteiger partial charge in [0.25, 0.3) is 0 Å². The number of ether oxygens (including phenoxy) is 1. The second kappa shape index (κ2) is 5.63. The van der Waals surface area contributed by atoms with E-state index in [1.54, 1.807) is 0 Å². The first-order valence-corrected chi connectivity index (χ1v) is 6.78. The summed E-state index contributed by atoms with van der Waals surface area (Å²) in [6.45, 7) is 7.46. The van der Waals surface area contributed by atoms with E-state index in [1.807, 2.05) is 27.7 Å². The van der Waals surface area contributed by atoms with Crippen molar-refractivity contribution in [2.75, 3.05) is 5.75 Å². The molecule has 1 rings (SSSR count). The molecule has 0 amide bonds. The standard InChI is InChI=1S/C10H16N2O2S2/c1-7-11-9(16-12-7)15-6-5-8(13)14-10(2,3)4/h5-6H2,1-4H3. The van der Waals surface area contributed by atoms with Crippen LogP contribution in [0.1, 0.15) is 33.0 Å². The van der Waals surface area contributed by atoms with Gasteiger partial charge in [0.15, 0.2) is 4.34 Å². The molecule has 0 spiro atoms. The summed E-state index contributed by atoms with van der Waals surface area (Å²) in [7, 11) is 0. The summed E-state index contributed by atoms with van der Waals surface area (Å²) in [6.07, 6.45) is 0.403. The van der Waals surface area contributed by atoms with Gasteiger partial charge in [0.2, 0.25) is 0 Å². The van der Waals surface area contributed by atoms with Crippen LogP contribution in [0.2, 0.25) is 0 Å². The summed E-state index contributed by atoms with van der Waals surface area (Å²) in [5.41, 5.74) is -0.402. The number of rotatable bonds is 4. The Kier molecular flexibility index (Phi) is 4.73. The molecule has 0 radical (unpaired) electrons. The molecule has 0 fully saturated rings. The molecule has 0 aliphatic heterocycles. The first kappa shape index (κ1) is 13.4. The maximum absolute atomic E-state index is 11.4. The van der Waals surface area contributed by atoms with Crippen molar-refractivity contribution >= 4 is 29.3 Å². The van der Waals surface area contributed by atoms with Crippen LogP contribution >= 0.6 is 23.3 Å². The van der Waals surface area contributed by atoms with Gasteiger partial charge in [-0.2, -0.15) is 4.37 Å². The zero-order valence-electron chi connectivity index (χ0n) is 9.94. The van der Waals surface area contributed by atoms with E-state index in [2.05, 4.69) is 9.36 Å². The van der Waals surface area contributed by atoms with Gasteiger partial charge in [-0.25, -0.2) is 4.98 Å². The summed E-state index contributed by atoms with van der Waals surface area (Å²) < 4.78 is 10.2. The number of carbonyl (C=O) groups excluding carboxylic acids is 1. The van der Waals surface area contributed by atoms with Crippen LogP contribution in [0.15, 0.2) is 4.34 Å². The van der Waals surface area contributed by atoms with E-state index < -0.39 is 5.60 Å². The van der Waals surface area contributed by atoms with Crippen molar-refractivity contribution in [1.82, 2.24) is 9.36 Å². The van der Waals surface area contributed by atoms with Crippen molar-refractivity contribution in [2.24, 2.45) is 0 Å². The van der Waals surface area contributed by atoms with Crippen molar-refractivity contribution in [3.63, 3.8) is 0 Å². The molecule has 0 N–H and O–H groups in total. The topological polar surface area (TPSA) is 52.1 Å². The fourth-order valence-electron chi connectivity index (χ4n) is 0.951. The van der Waals surface area contributed by atoms with Crippen molar-refractivity contribution in [3.8, 4) is 0 Å². The average molecular weight is 260 g/mol. The van der Waals surface area contributed by atoms with Gasteiger partial charge >= 0.3 is 5.97 Å². The lowest BCUT2D eigenvalue weighted by Gasteiger charge is -2.19. The number of aryl methyl sites for hydroxylation is 1. The number of nitrogens with zero attached hydrogens (tertiary/aromatic N) is 2. The minimum atomic E-state index is -0.402. The summed E-state index contributed by atoms with van der Waals surface area (Å²) in [5, 5.41) is 0. The Hall–Kier alpha value is -0.620. The summed E-state index contributed by atoms with van der Waals surface area (Å²) >= 11 is 2.90. The zero-order chi connectivity index (χ0) is 12.2. The molecular formula is C10H16N2O2S2. The van der Waals surface area contributed by atoms with Crippen LogP contribution in [0, 0.1) is 6.92 Å². The van der Waals surface area contributed by atoms with Gasteiger partial charge in [0.05, 0.1) is 6.42 Å². The highest BCUT2D eigenvalue weighted by molar-refractivity contribution is 8.00. The maximum Gasteiger partial charge on any atom is 0.307 e. The van der Waals surface area contributed by atoms with E-state index in [9.17, 15) is 4.79 Å². The third-order valence-corrected chi connectivity index (χ3v) is 3.39. The molecule has 0 atom stereocenters. The Morgan fingerprint density at radius 1 is 1.50 bits per heavy atom. The monoisotopic (exact) mass is 260 g/mol. The number of carbonyl (C=O) groups is 1. The van der Waals surface area contributed by atoms with Crippen molar-refractivity contribution < 1.29 is 9.53 Å². The molecule has 0 aromatic carbocycles. The molecule has 0 bridgehead atoms. The largest absolute Gasteiger partial charge is 0.460 e. The number of esters is 1. The Bertz CT molecular complexity index is 358. The molecule has 1 aromatic rings. The lowest BCUT2D eigenvalue weighted by Crippen LogP contribution is -2.23. The molecule has 0 saturated carbocycles. The van der Waals surface area contributed by atoms with Crippen LogP contribution < -0.4 is 0 Å². The highest BCUT2D eigenvalue weighted by Gasteiger charge is 2.16. The van der Waals surface area contributed by atoms with E-state index in [-0.39, 0.29) is 5.97 Å². The second-order valence-electron chi connectivity index (χ2n) is 4.29. The molecule has 1 aromatic heterocycles. The molecule has 16 heavy (non-hydrogen) atoms. The molecule has 90 valence electrons. The van der Waals surface area contributed by atoms with Gasteiger partial charge in [-0.1, -0.05) is 11.8 Å². The first-order chi connectivity index (χ1) is 7.37. The van der Waals surface area contributed by atoms with Crippen LogP contribution in [0.5, 0.6) is 0 Å². The molecule has 6 heteroatoms. The predicted molar refractivity (Wildman–Crippen MR) is 65.8 cm³/mol. The smallest absolute Gasteiger partial charge is 0.307 e. The van der Waals surface area contributed by atoms with Crippen LogP contribution in [-0.4, -0.2) is 26.7 Å². The normalized spacial score (nSPS) is 11.5. The fourth-order valence-corrected chi connectivity index (χ4v) is 2.59. The third kappa shape index (κ3) is 5.46. The Balaban J connectivity index is 2.23. The minimum Gasteiger partial charge on any atom is -0.460 e. The lowest BCUT2D eigenvalue weighted by atomic mass is 10.2. The van der Waals surface area contributed by atoms with E-state index in [4.69, 9.17) is 4.74 Å². The molecule has 0 saturated heterocycles. The van der Waals surface area contributed by atoms with Gasteiger partial charge in [0, 0.05) is 5.75 Å². The maximum atomic E-state index is 11.4. The summed E-state index contributed by atoms with van der Waals surface area (Å²) in [4.78, 5) is 15.6. The van der Waals surface area contributed by atoms with E-state index in [0.717, 1.165) is 10.2 Å². The van der Waals surface area contributed by atoms with Gasteiger partial charge < -0.3 is 4.74 Å². The Morgan fingerprint density at radius 3 is 2.69 bits per heavy atom. The number of hydrogen-bond acceptors (Lipinski definition) is 6. The number of hydrogen-bond donors (Lipinski definition) is 0. The van der Waals surface area contributed by atoms with Crippen LogP contribution in [0.3, 0.4) is 0 Å². The molecule has 1 heterocycles. The lowest BCUT2D eigenvalue weighted by molar-refractivity contribution is -0.154. The minimum absolute atomic E-state index is 0.166. The van der Waals surface area contributed by atoms with Gasteiger partial charge in [-0.15, -0.1) is 0 Å². The van der Waals surface area contributed by atoms with Gasteiger partial charge in [-0.05, 0) is 39.2 Å². The highest BCUT2D eigenvalue weighted by Crippen LogP contribution is 2.21. The van der Waals surface area contributed by atoms with Crippen molar-refractivity contribution in [2.45, 2.75) is 44.1 Å². The van der Waals surface area contributed by atoms with Crippen molar-refractivity contribution in [1.29, 1.82) is 0 Å². The SMILES string of the molecule is Cc1nsc(SCCC(=O)OC(C)(C)C)n1. The molecule has 0 aliphatic rings. The predicted octanol–water partition coefficient (Wildman–Crippen LogP) is 2.67. The second-order valence-corrected chi connectivity index (χ2v) is 6.39. The zero-order valence-corrected chi connectivity index (χ0v) is 11.6. The highest BCUT2D eigenvalue weighted by atomic mass is 32.2. The molecule has 0 unspecified atom stereocenters. The molecule has 0 aliphatic carbocycles.